The van der Waals surface area contributed by atoms with E-state index >= 15 is 0 Å². The molecule has 314 valence electrons. The maximum atomic E-state index is 5.30. The van der Waals surface area contributed by atoms with Crippen molar-refractivity contribution < 1.29 is 0 Å². The molecule has 0 spiro atoms. The standard InChI is InChI=1S/C62H41N5/c1-5-15-42(16-6-1)44-25-33-48(34-26-44)56-41-57(64-59(63-56)51-37-29-45(30-38-51)43-17-7-2-8-18-43)49-35-27-46(28-36-49)47-31-39-52(40-32-47)60-65-61(53-21-11-4-12-22-53)67-58(50-19-9-3-10-20-50)54-23-13-14-24-55(54)62(67)66-60/h1-41H. The number of rotatable bonds is 9. The molecule has 0 atom stereocenters. The van der Waals surface area contributed by atoms with Gasteiger partial charge in [0.2, 0.25) is 0 Å². The highest BCUT2D eigenvalue weighted by molar-refractivity contribution is 6.06. The van der Waals surface area contributed by atoms with Crippen molar-refractivity contribution in [1.82, 2.24) is 24.3 Å². The van der Waals surface area contributed by atoms with E-state index < -0.39 is 0 Å². The van der Waals surface area contributed by atoms with Crippen molar-refractivity contribution in [3.63, 3.8) is 0 Å². The lowest BCUT2D eigenvalue weighted by Gasteiger charge is -2.13. The Morgan fingerprint density at radius 2 is 0.567 bits per heavy atom. The van der Waals surface area contributed by atoms with Crippen LogP contribution in [-0.4, -0.2) is 24.3 Å². The molecule has 0 N–H and O–H groups in total. The zero-order valence-electron chi connectivity index (χ0n) is 36.4. The van der Waals surface area contributed by atoms with Gasteiger partial charge >= 0.3 is 0 Å². The van der Waals surface area contributed by atoms with Crippen molar-refractivity contribution in [2.24, 2.45) is 0 Å². The zero-order chi connectivity index (χ0) is 44.5. The largest absolute Gasteiger partial charge is 0.277 e. The third kappa shape index (κ3) is 7.64. The van der Waals surface area contributed by atoms with E-state index in [2.05, 4.69) is 235 Å². The van der Waals surface area contributed by atoms with Crippen molar-refractivity contribution in [1.29, 1.82) is 0 Å². The van der Waals surface area contributed by atoms with Gasteiger partial charge < -0.3 is 0 Å². The van der Waals surface area contributed by atoms with Crippen molar-refractivity contribution in [3.8, 4) is 101 Å². The van der Waals surface area contributed by atoms with Crippen LogP contribution in [0, 0.1) is 0 Å². The van der Waals surface area contributed by atoms with Gasteiger partial charge in [-0.3, -0.25) is 4.40 Å². The summed E-state index contributed by atoms with van der Waals surface area (Å²) in [4.78, 5) is 20.9. The normalized spacial score (nSPS) is 11.3. The van der Waals surface area contributed by atoms with Gasteiger partial charge in [-0.15, -0.1) is 0 Å². The van der Waals surface area contributed by atoms with Crippen LogP contribution in [0.3, 0.4) is 0 Å². The Balaban J connectivity index is 0.891. The minimum Gasteiger partial charge on any atom is -0.277 e. The highest BCUT2D eigenvalue weighted by Crippen LogP contribution is 2.38. The quantitative estimate of drug-likeness (QED) is 0.145. The van der Waals surface area contributed by atoms with E-state index in [1.165, 1.54) is 11.1 Å². The van der Waals surface area contributed by atoms with Gasteiger partial charge in [-0.1, -0.05) is 243 Å². The van der Waals surface area contributed by atoms with Crippen LogP contribution >= 0.6 is 0 Å². The third-order valence-electron chi connectivity index (χ3n) is 12.5. The maximum absolute atomic E-state index is 5.30. The minimum absolute atomic E-state index is 0.677. The third-order valence-corrected chi connectivity index (χ3v) is 12.5. The predicted octanol–water partition coefficient (Wildman–Crippen LogP) is 15.7. The van der Waals surface area contributed by atoms with E-state index in [1.807, 2.05) is 18.2 Å². The fraction of sp³-hybridized carbons (Fsp3) is 0. The van der Waals surface area contributed by atoms with Crippen molar-refractivity contribution in [3.05, 3.63) is 249 Å². The summed E-state index contributed by atoms with van der Waals surface area (Å²) >= 11 is 0. The number of aromatic nitrogens is 5. The molecule has 12 rings (SSSR count). The summed E-state index contributed by atoms with van der Waals surface area (Å²) in [6, 6.07) is 86.8. The summed E-state index contributed by atoms with van der Waals surface area (Å²) in [7, 11) is 0. The van der Waals surface area contributed by atoms with Gasteiger partial charge in [-0.2, -0.15) is 0 Å². The van der Waals surface area contributed by atoms with Crippen LogP contribution in [0.2, 0.25) is 0 Å². The van der Waals surface area contributed by atoms with Crippen molar-refractivity contribution in [2.45, 2.75) is 0 Å². The monoisotopic (exact) mass is 855 g/mol. The minimum atomic E-state index is 0.677. The summed E-state index contributed by atoms with van der Waals surface area (Å²) in [5.41, 5.74) is 16.6. The summed E-state index contributed by atoms with van der Waals surface area (Å²) in [5, 5.41) is 2.23. The molecule has 0 aliphatic carbocycles. The summed E-state index contributed by atoms with van der Waals surface area (Å²) in [6.45, 7) is 0. The Morgan fingerprint density at radius 3 is 1.01 bits per heavy atom. The SMILES string of the molecule is c1ccc(-c2ccc(-c3cc(-c4ccc(-c5ccc(-c6nc(-c7ccccc7)n7c(-c8ccccc8)c8ccccc8c7n6)cc5)cc4)nc(-c4ccc(-c5ccccc5)cc4)n3)cc2)cc1. The zero-order valence-corrected chi connectivity index (χ0v) is 36.4. The van der Waals surface area contributed by atoms with Crippen LogP contribution in [0.25, 0.3) is 118 Å². The van der Waals surface area contributed by atoms with Crippen LogP contribution in [0.1, 0.15) is 0 Å². The molecular formula is C62H41N5. The van der Waals surface area contributed by atoms with Crippen LogP contribution in [0.15, 0.2) is 249 Å². The number of hydrogen-bond acceptors (Lipinski definition) is 4. The molecule has 67 heavy (non-hydrogen) atoms. The molecule has 5 nitrogen and oxygen atoms in total. The first kappa shape index (κ1) is 39.5. The first-order valence-electron chi connectivity index (χ1n) is 22.5. The summed E-state index contributed by atoms with van der Waals surface area (Å²) in [6.07, 6.45) is 0. The molecule has 0 bridgehead atoms. The Morgan fingerprint density at radius 1 is 0.239 bits per heavy atom. The molecule has 9 aromatic carbocycles. The Kier molecular flexibility index (Phi) is 10.1. The van der Waals surface area contributed by atoms with Crippen LogP contribution in [-0.2, 0) is 0 Å². The fourth-order valence-corrected chi connectivity index (χ4v) is 9.04. The molecular weight excluding hydrogens is 815 g/mol. The lowest BCUT2D eigenvalue weighted by molar-refractivity contribution is 1.05. The van der Waals surface area contributed by atoms with Crippen LogP contribution < -0.4 is 0 Å². The Hall–Kier alpha value is -9.06. The first-order chi connectivity index (χ1) is 33.2. The molecule has 0 amide bonds. The molecule has 0 radical (unpaired) electrons. The number of fused-ring (bicyclic) bond motifs is 3. The van der Waals surface area contributed by atoms with Gasteiger partial charge in [0.1, 0.15) is 11.5 Å². The smallest absolute Gasteiger partial charge is 0.163 e. The van der Waals surface area contributed by atoms with E-state index in [-0.39, 0.29) is 0 Å². The Bertz CT molecular complexity index is 3560. The maximum Gasteiger partial charge on any atom is 0.163 e. The van der Waals surface area contributed by atoms with Gasteiger partial charge in [0.05, 0.1) is 17.1 Å². The lowest BCUT2D eigenvalue weighted by atomic mass is 9.99. The van der Waals surface area contributed by atoms with E-state index in [9.17, 15) is 0 Å². The molecule has 3 aromatic heterocycles. The second-order valence-electron chi connectivity index (χ2n) is 16.7. The van der Waals surface area contributed by atoms with Crippen molar-refractivity contribution >= 4 is 16.4 Å². The summed E-state index contributed by atoms with van der Waals surface area (Å²) in [5.74, 6) is 2.20. The van der Waals surface area contributed by atoms with Crippen LogP contribution in [0.5, 0.6) is 0 Å². The molecule has 12 aromatic rings. The van der Waals surface area contributed by atoms with E-state index in [1.54, 1.807) is 0 Å². The molecule has 0 unspecified atom stereocenters. The van der Waals surface area contributed by atoms with Gasteiger partial charge in [-0.25, -0.2) is 19.9 Å². The van der Waals surface area contributed by atoms with E-state index in [0.29, 0.717) is 11.6 Å². The van der Waals surface area contributed by atoms with Crippen LogP contribution in [0.4, 0.5) is 0 Å². The molecule has 0 fully saturated rings. The molecule has 5 heteroatoms. The van der Waals surface area contributed by atoms with Gasteiger partial charge in [0.15, 0.2) is 11.6 Å². The second-order valence-corrected chi connectivity index (χ2v) is 16.7. The fourth-order valence-electron chi connectivity index (χ4n) is 9.04. The summed E-state index contributed by atoms with van der Waals surface area (Å²) < 4.78 is 2.22. The molecule has 0 aliphatic rings. The van der Waals surface area contributed by atoms with Gasteiger partial charge in [-0.05, 0) is 45.0 Å². The average Bonchev–Trinajstić information content (AvgIpc) is 3.76. The van der Waals surface area contributed by atoms with Gasteiger partial charge in [0.25, 0.3) is 0 Å². The number of nitrogens with zero attached hydrogens (tertiary/aromatic N) is 5. The first-order valence-corrected chi connectivity index (χ1v) is 22.5. The second kappa shape index (κ2) is 17.1. The molecule has 0 saturated carbocycles. The van der Waals surface area contributed by atoms with Gasteiger partial charge in [0, 0.05) is 38.6 Å². The lowest BCUT2D eigenvalue weighted by Crippen LogP contribution is -2.03. The highest BCUT2D eigenvalue weighted by atomic mass is 15.1. The van der Waals surface area contributed by atoms with E-state index in [4.69, 9.17) is 19.9 Å². The highest BCUT2D eigenvalue weighted by Gasteiger charge is 2.21. The molecule has 3 heterocycles. The topological polar surface area (TPSA) is 56.0 Å². The van der Waals surface area contributed by atoms with E-state index in [0.717, 1.165) is 95.0 Å². The van der Waals surface area contributed by atoms with Crippen molar-refractivity contribution in [2.75, 3.05) is 0 Å². The molecule has 0 aliphatic heterocycles. The number of benzene rings is 9. The predicted molar refractivity (Wildman–Crippen MR) is 275 cm³/mol. The Labute approximate surface area is 389 Å². The number of hydrogen-bond donors (Lipinski definition) is 0. The molecule has 0 saturated heterocycles. The average molecular weight is 856 g/mol.